The first-order valence-corrected chi connectivity index (χ1v) is 9.14. The fourth-order valence-electron chi connectivity index (χ4n) is 4.01. The molecule has 2 atom stereocenters. The molecule has 3 heterocycles. The number of halogens is 1. The van der Waals surface area contributed by atoms with E-state index in [0.29, 0.717) is 23.7 Å². The summed E-state index contributed by atoms with van der Waals surface area (Å²) in [4.78, 5) is 15.0. The average molecular weight is 356 g/mol. The third-order valence-corrected chi connectivity index (χ3v) is 5.37. The number of amides is 1. The molecular formula is C17H30ClN5O. The number of hydrogen-bond donors (Lipinski definition) is 1. The first kappa shape index (κ1) is 19.2. The van der Waals surface area contributed by atoms with Crippen molar-refractivity contribution in [3.8, 4) is 0 Å². The lowest BCUT2D eigenvalue weighted by atomic mass is 9.88. The minimum Gasteiger partial charge on any atom is -0.334 e. The fraction of sp³-hybridized carbons (Fsp3) is 0.824. The van der Waals surface area contributed by atoms with E-state index in [-0.39, 0.29) is 18.3 Å². The van der Waals surface area contributed by atoms with Crippen LogP contribution in [0.5, 0.6) is 0 Å². The molecule has 6 nitrogen and oxygen atoms in total. The van der Waals surface area contributed by atoms with Crippen molar-refractivity contribution in [2.24, 2.45) is 5.92 Å². The van der Waals surface area contributed by atoms with Crippen LogP contribution in [0.15, 0.2) is 6.20 Å². The number of hydrogen-bond acceptors (Lipinski definition) is 4. The second kappa shape index (κ2) is 8.81. The highest BCUT2D eigenvalue weighted by Gasteiger charge is 2.33. The molecule has 3 rings (SSSR count). The van der Waals surface area contributed by atoms with E-state index < -0.39 is 0 Å². The molecule has 2 saturated heterocycles. The Morgan fingerprint density at radius 2 is 2.08 bits per heavy atom. The largest absolute Gasteiger partial charge is 0.334 e. The number of carbonyl (C=O) groups excluding carboxylic acids is 1. The van der Waals surface area contributed by atoms with Gasteiger partial charge in [-0.05, 0) is 51.1 Å². The SMILES string of the molecule is CCCC1C(C)CCCN1C(=O)c1cn(C2CCNCC2)nn1.Cl. The van der Waals surface area contributed by atoms with Crippen molar-refractivity contribution in [2.75, 3.05) is 19.6 Å². The van der Waals surface area contributed by atoms with Gasteiger partial charge in [0.25, 0.3) is 5.91 Å². The van der Waals surface area contributed by atoms with Crippen LogP contribution < -0.4 is 5.32 Å². The molecular weight excluding hydrogens is 326 g/mol. The van der Waals surface area contributed by atoms with Crippen LogP contribution in [0.4, 0.5) is 0 Å². The topological polar surface area (TPSA) is 63.1 Å². The van der Waals surface area contributed by atoms with E-state index in [2.05, 4.69) is 34.4 Å². The predicted molar refractivity (Wildman–Crippen MR) is 96.5 cm³/mol. The van der Waals surface area contributed by atoms with Gasteiger partial charge in [-0.1, -0.05) is 25.5 Å². The van der Waals surface area contributed by atoms with E-state index in [0.717, 1.165) is 51.7 Å². The van der Waals surface area contributed by atoms with E-state index in [1.807, 2.05) is 10.9 Å². The van der Waals surface area contributed by atoms with Gasteiger partial charge in [-0.3, -0.25) is 4.79 Å². The monoisotopic (exact) mass is 355 g/mol. The number of carbonyl (C=O) groups is 1. The van der Waals surface area contributed by atoms with Crippen LogP contribution in [0.3, 0.4) is 0 Å². The number of nitrogens with zero attached hydrogens (tertiary/aromatic N) is 4. The molecule has 136 valence electrons. The van der Waals surface area contributed by atoms with Gasteiger partial charge in [-0.15, -0.1) is 17.5 Å². The highest BCUT2D eigenvalue weighted by Crippen LogP contribution is 2.28. The average Bonchev–Trinajstić information content (AvgIpc) is 3.07. The van der Waals surface area contributed by atoms with Crippen molar-refractivity contribution in [3.63, 3.8) is 0 Å². The molecule has 0 aromatic carbocycles. The van der Waals surface area contributed by atoms with Crippen molar-refractivity contribution >= 4 is 18.3 Å². The summed E-state index contributed by atoms with van der Waals surface area (Å²) in [6, 6.07) is 0.724. The lowest BCUT2D eigenvalue weighted by molar-refractivity contribution is 0.0491. The van der Waals surface area contributed by atoms with Gasteiger partial charge >= 0.3 is 0 Å². The number of nitrogens with one attached hydrogen (secondary N) is 1. The molecule has 0 spiro atoms. The van der Waals surface area contributed by atoms with Gasteiger partial charge in [0.15, 0.2) is 5.69 Å². The lowest BCUT2D eigenvalue weighted by Gasteiger charge is -2.39. The Balaban J connectivity index is 0.00000208. The molecule has 24 heavy (non-hydrogen) atoms. The van der Waals surface area contributed by atoms with Crippen LogP contribution in [-0.2, 0) is 0 Å². The van der Waals surface area contributed by atoms with Gasteiger partial charge < -0.3 is 10.2 Å². The summed E-state index contributed by atoms with van der Waals surface area (Å²) in [6.45, 7) is 7.34. The fourth-order valence-corrected chi connectivity index (χ4v) is 4.01. The van der Waals surface area contributed by atoms with E-state index >= 15 is 0 Å². The summed E-state index contributed by atoms with van der Waals surface area (Å²) in [7, 11) is 0. The second-order valence-corrected chi connectivity index (χ2v) is 7.04. The van der Waals surface area contributed by atoms with Crippen LogP contribution in [0.1, 0.15) is 68.9 Å². The maximum Gasteiger partial charge on any atom is 0.276 e. The summed E-state index contributed by atoms with van der Waals surface area (Å²) in [5.74, 6) is 0.641. The first-order valence-electron chi connectivity index (χ1n) is 9.14. The van der Waals surface area contributed by atoms with Crippen molar-refractivity contribution in [2.45, 2.75) is 64.5 Å². The summed E-state index contributed by atoms with van der Waals surface area (Å²) in [5, 5.41) is 11.8. The highest BCUT2D eigenvalue weighted by atomic mass is 35.5. The first-order chi connectivity index (χ1) is 11.2. The molecule has 1 amide bonds. The zero-order valence-corrected chi connectivity index (χ0v) is 15.6. The number of piperidine rings is 2. The van der Waals surface area contributed by atoms with Gasteiger partial charge in [0.2, 0.25) is 0 Å². The molecule has 0 aliphatic carbocycles. The predicted octanol–water partition coefficient (Wildman–Crippen LogP) is 2.67. The molecule has 2 aliphatic rings. The van der Waals surface area contributed by atoms with Crippen molar-refractivity contribution in [1.82, 2.24) is 25.2 Å². The van der Waals surface area contributed by atoms with Crippen molar-refractivity contribution in [1.29, 1.82) is 0 Å². The molecule has 0 bridgehead atoms. The summed E-state index contributed by atoms with van der Waals surface area (Å²) < 4.78 is 1.90. The molecule has 1 aromatic heterocycles. The zero-order valence-electron chi connectivity index (χ0n) is 14.8. The minimum atomic E-state index is 0. The standard InChI is InChI=1S/C17H29N5O.ClH/c1-3-5-16-13(2)6-4-11-21(16)17(23)15-12-22(20-19-15)14-7-9-18-10-8-14;/h12-14,16,18H,3-11H2,1-2H3;1H. The van der Waals surface area contributed by atoms with E-state index in [1.165, 1.54) is 6.42 Å². The Morgan fingerprint density at radius 1 is 1.33 bits per heavy atom. The van der Waals surface area contributed by atoms with Gasteiger partial charge in [0.1, 0.15) is 0 Å². The van der Waals surface area contributed by atoms with Crippen molar-refractivity contribution in [3.05, 3.63) is 11.9 Å². The van der Waals surface area contributed by atoms with Gasteiger partial charge in [0.05, 0.1) is 12.2 Å². The Hall–Kier alpha value is -1.14. The molecule has 2 unspecified atom stereocenters. The maximum atomic E-state index is 12.9. The van der Waals surface area contributed by atoms with Crippen LogP contribution in [-0.4, -0.2) is 51.5 Å². The third-order valence-electron chi connectivity index (χ3n) is 5.37. The molecule has 0 saturated carbocycles. The van der Waals surface area contributed by atoms with Gasteiger partial charge in [-0.25, -0.2) is 4.68 Å². The molecule has 2 aliphatic heterocycles. The Labute approximate surface area is 150 Å². The Kier molecular flexibility index (Phi) is 7.04. The second-order valence-electron chi connectivity index (χ2n) is 7.04. The Morgan fingerprint density at radius 3 is 2.79 bits per heavy atom. The maximum absolute atomic E-state index is 12.9. The number of likely N-dealkylation sites (tertiary alicyclic amines) is 1. The van der Waals surface area contributed by atoms with E-state index in [4.69, 9.17) is 0 Å². The van der Waals surface area contributed by atoms with E-state index in [9.17, 15) is 4.79 Å². The third kappa shape index (κ3) is 4.09. The lowest BCUT2D eigenvalue weighted by Crippen LogP contribution is -2.47. The van der Waals surface area contributed by atoms with Crippen LogP contribution in [0.25, 0.3) is 0 Å². The Bertz CT molecular complexity index is 529. The van der Waals surface area contributed by atoms with Crippen LogP contribution in [0, 0.1) is 5.92 Å². The zero-order chi connectivity index (χ0) is 16.2. The van der Waals surface area contributed by atoms with Crippen molar-refractivity contribution < 1.29 is 4.79 Å². The molecule has 1 N–H and O–H groups in total. The van der Waals surface area contributed by atoms with E-state index in [1.54, 1.807) is 0 Å². The summed E-state index contributed by atoms with van der Waals surface area (Å²) in [6.07, 6.45) is 8.47. The highest BCUT2D eigenvalue weighted by molar-refractivity contribution is 5.92. The van der Waals surface area contributed by atoms with Crippen LogP contribution >= 0.6 is 12.4 Å². The van der Waals surface area contributed by atoms with Gasteiger partial charge in [-0.2, -0.15) is 0 Å². The normalized spacial score (nSPS) is 25.3. The quantitative estimate of drug-likeness (QED) is 0.901. The van der Waals surface area contributed by atoms with Crippen LogP contribution in [0.2, 0.25) is 0 Å². The smallest absolute Gasteiger partial charge is 0.276 e. The molecule has 1 aromatic rings. The molecule has 2 fully saturated rings. The number of aromatic nitrogens is 3. The molecule has 7 heteroatoms. The summed E-state index contributed by atoms with van der Waals surface area (Å²) in [5.41, 5.74) is 0.513. The van der Waals surface area contributed by atoms with Gasteiger partial charge in [0, 0.05) is 12.6 Å². The minimum absolute atomic E-state index is 0. The molecule has 0 radical (unpaired) electrons. The number of rotatable bonds is 4. The summed E-state index contributed by atoms with van der Waals surface area (Å²) >= 11 is 0.